The standard InChI is InChI=1S/C17H11NO2S/c1-20-9-6-7-10-12(8-9)16(19)14-11-4-2-3-5-13(11)18-17(21)15(10)14/h2-8H,1H3,(H,18,21). The van der Waals surface area contributed by atoms with Crippen LogP contribution >= 0.6 is 12.2 Å². The molecule has 21 heavy (non-hydrogen) atoms. The van der Waals surface area contributed by atoms with Gasteiger partial charge in [0.2, 0.25) is 0 Å². The summed E-state index contributed by atoms with van der Waals surface area (Å²) in [5, 5.41) is 0.904. The number of hydrogen-bond donors (Lipinski definition) is 1. The second-order valence-corrected chi connectivity index (χ2v) is 5.40. The lowest BCUT2D eigenvalue weighted by Gasteiger charge is -2.05. The van der Waals surface area contributed by atoms with Crippen molar-refractivity contribution in [2.24, 2.45) is 0 Å². The van der Waals surface area contributed by atoms with Crippen LogP contribution in [0, 0.1) is 4.64 Å². The Morgan fingerprint density at radius 3 is 2.67 bits per heavy atom. The third-order valence-electron chi connectivity index (χ3n) is 3.89. The summed E-state index contributed by atoms with van der Waals surface area (Å²) >= 11 is 5.46. The van der Waals surface area contributed by atoms with Crippen molar-refractivity contribution in [3.63, 3.8) is 0 Å². The van der Waals surface area contributed by atoms with Crippen LogP contribution in [0.25, 0.3) is 22.0 Å². The number of pyridine rings is 1. The Bertz CT molecular complexity index is 972. The second-order valence-electron chi connectivity index (χ2n) is 4.99. The van der Waals surface area contributed by atoms with E-state index < -0.39 is 0 Å². The van der Waals surface area contributed by atoms with Gasteiger partial charge in [-0.15, -0.1) is 0 Å². The highest BCUT2D eigenvalue weighted by Gasteiger charge is 2.30. The molecule has 0 saturated carbocycles. The first kappa shape index (κ1) is 12.3. The van der Waals surface area contributed by atoms with E-state index in [-0.39, 0.29) is 5.78 Å². The average Bonchev–Trinajstić information content (AvgIpc) is 2.81. The number of fused-ring (bicyclic) bond motifs is 5. The van der Waals surface area contributed by atoms with Gasteiger partial charge < -0.3 is 9.72 Å². The van der Waals surface area contributed by atoms with Gasteiger partial charge in [0.25, 0.3) is 0 Å². The largest absolute Gasteiger partial charge is 0.497 e. The van der Waals surface area contributed by atoms with Crippen molar-refractivity contribution >= 4 is 28.9 Å². The van der Waals surface area contributed by atoms with Crippen molar-refractivity contribution in [3.8, 4) is 16.9 Å². The Labute approximate surface area is 126 Å². The number of ketones is 1. The van der Waals surface area contributed by atoms with Crippen LogP contribution in [-0.4, -0.2) is 17.9 Å². The van der Waals surface area contributed by atoms with Crippen molar-refractivity contribution in [1.82, 2.24) is 4.98 Å². The van der Waals surface area contributed by atoms with E-state index >= 15 is 0 Å². The summed E-state index contributed by atoms with van der Waals surface area (Å²) in [6.07, 6.45) is 0. The van der Waals surface area contributed by atoms with Crippen LogP contribution in [0.1, 0.15) is 15.9 Å². The number of hydrogen-bond acceptors (Lipinski definition) is 3. The molecule has 0 bridgehead atoms. The Hall–Kier alpha value is -2.46. The minimum Gasteiger partial charge on any atom is -0.497 e. The van der Waals surface area contributed by atoms with Crippen LogP contribution in [0.5, 0.6) is 5.75 Å². The van der Waals surface area contributed by atoms with Gasteiger partial charge in [0, 0.05) is 27.6 Å². The van der Waals surface area contributed by atoms with E-state index in [0.717, 1.165) is 22.0 Å². The zero-order valence-electron chi connectivity index (χ0n) is 11.3. The number of rotatable bonds is 1. The van der Waals surface area contributed by atoms with Gasteiger partial charge in [-0.2, -0.15) is 0 Å². The zero-order valence-corrected chi connectivity index (χ0v) is 12.1. The minimum absolute atomic E-state index is 0.00944. The van der Waals surface area contributed by atoms with Crippen molar-refractivity contribution in [2.45, 2.75) is 0 Å². The molecule has 0 fully saturated rings. The molecule has 4 rings (SSSR count). The number of carbonyl (C=O) groups excluding carboxylic acids is 1. The maximum Gasteiger partial charge on any atom is 0.195 e. The highest BCUT2D eigenvalue weighted by atomic mass is 32.1. The van der Waals surface area contributed by atoms with Gasteiger partial charge in [0.1, 0.15) is 10.4 Å². The van der Waals surface area contributed by atoms with E-state index in [1.165, 1.54) is 0 Å². The summed E-state index contributed by atoms with van der Waals surface area (Å²) in [7, 11) is 1.59. The monoisotopic (exact) mass is 293 g/mol. The predicted molar refractivity (Wildman–Crippen MR) is 84.6 cm³/mol. The number of ether oxygens (including phenoxy) is 1. The molecule has 0 spiro atoms. The number of aromatic amines is 1. The van der Waals surface area contributed by atoms with E-state index in [1.807, 2.05) is 36.4 Å². The van der Waals surface area contributed by atoms with Gasteiger partial charge in [-0.1, -0.05) is 30.4 Å². The Morgan fingerprint density at radius 1 is 1.05 bits per heavy atom. The molecule has 1 heterocycles. The van der Waals surface area contributed by atoms with E-state index in [9.17, 15) is 4.79 Å². The maximum absolute atomic E-state index is 12.8. The molecule has 0 atom stereocenters. The molecule has 0 radical (unpaired) electrons. The fraction of sp³-hybridized carbons (Fsp3) is 0.0588. The molecule has 0 unspecified atom stereocenters. The van der Waals surface area contributed by atoms with Crippen LogP contribution in [-0.2, 0) is 0 Å². The molecule has 0 aliphatic heterocycles. The van der Waals surface area contributed by atoms with Gasteiger partial charge in [-0.25, -0.2) is 0 Å². The fourth-order valence-electron chi connectivity index (χ4n) is 2.93. The molecular formula is C17H11NO2S. The highest BCUT2D eigenvalue weighted by molar-refractivity contribution is 7.71. The van der Waals surface area contributed by atoms with Gasteiger partial charge >= 0.3 is 0 Å². The van der Waals surface area contributed by atoms with Crippen molar-refractivity contribution in [2.75, 3.05) is 7.11 Å². The third-order valence-corrected chi connectivity index (χ3v) is 4.20. The molecule has 0 amide bonds. The van der Waals surface area contributed by atoms with Gasteiger partial charge in [0.15, 0.2) is 5.78 Å². The lowest BCUT2D eigenvalue weighted by Crippen LogP contribution is -1.98. The molecule has 4 heteroatoms. The van der Waals surface area contributed by atoms with Crippen molar-refractivity contribution in [3.05, 3.63) is 58.2 Å². The minimum atomic E-state index is 0.00944. The SMILES string of the molecule is COc1ccc2c(c1)C(=O)c1c-2c(=S)[nH]c2ccccc12. The Kier molecular flexibility index (Phi) is 2.50. The topological polar surface area (TPSA) is 42.1 Å². The molecule has 3 nitrogen and oxygen atoms in total. The van der Waals surface area contributed by atoms with Crippen LogP contribution in [0.2, 0.25) is 0 Å². The van der Waals surface area contributed by atoms with Crippen LogP contribution < -0.4 is 4.74 Å². The lowest BCUT2D eigenvalue weighted by atomic mass is 10.0. The van der Waals surface area contributed by atoms with Crippen LogP contribution in [0.15, 0.2) is 42.5 Å². The summed E-state index contributed by atoms with van der Waals surface area (Å²) in [6, 6.07) is 13.3. The zero-order chi connectivity index (χ0) is 14.6. The number of carbonyl (C=O) groups is 1. The third kappa shape index (κ3) is 1.59. The summed E-state index contributed by atoms with van der Waals surface area (Å²) in [4.78, 5) is 16.0. The second kappa shape index (κ2) is 4.27. The quantitative estimate of drug-likeness (QED) is 0.537. The first-order valence-electron chi connectivity index (χ1n) is 6.59. The van der Waals surface area contributed by atoms with E-state index in [1.54, 1.807) is 13.2 Å². The van der Waals surface area contributed by atoms with Crippen LogP contribution in [0.4, 0.5) is 0 Å². The smallest absolute Gasteiger partial charge is 0.195 e. The van der Waals surface area contributed by atoms with Gasteiger partial charge in [-0.05, 0) is 29.8 Å². The Balaban J connectivity index is 2.15. The first-order valence-corrected chi connectivity index (χ1v) is 6.99. The maximum atomic E-state index is 12.8. The normalized spacial score (nSPS) is 12.3. The molecule has 2 aromatic carbocycles. The van der Waals surface area contributed by atoms with E-state index in [0.29, 0.717) is 21.5 Å². The van der Waals surface area contributed by atoms with Crippen molar-refractivity contribution < 1.29 is 9.53 Å². The molecule has 3 aromatic rings. The summed E-state index contributed by atoms with van der Waals surface area (Å²) in [6.45, 7) is 0. The number of aromatic nitrogens is 1. The fourth-order valence-corrected chi connectivity index (χ4v) is 3.25. The number of H-pyrrole nitrogens is 1. The molecule has 1 N–H and O–H groups in total. The summed E-state index contributed by atoms with van der Waals surface area (Å²) < 4.78 is 5.82. The molecular weight excluding hydrogens is 282 g/mol. The first-order chi connectivity index (χ1) is 10.2. The number of nitrogens with one attached hydrogen (secondary N) is 1. The lowest BCUT2D eigenvalue weighted by molar-refractivity contribution is 0.104. The number of benzene rings is 2. The predicted octanol–water partition coefficient (Wildman–Crippen LogP) is 4.12. The molecule has 102 valence electrons. The number of methoxy groups -OCH3 is 1. The summed E-state index contributed by atoms with van der Waals surface area (Å²) in [5.74, 6) is 0.685. The van der Waals surface area contributed by atoms with Crippen molar-refractivity contribution in [1.29, 1.82) is 0 Å². The molecule has 0 saturated heterocycles. The molecule has 1 aliphatic carbocycles. The Morgan fingerprint density at radius 2 is 1.86 bits per heavy atom. The van der Waals surface area contributed by atoms with Gasteiger partial charge in [0.05, 0.1) is 7.11 Å². The molecule has 1 aliphatic rings. The number of para-hydroxylation sites is 1. The summed E-state index contributed by atoms with van der Waals surface area (Å²) in [5.41, 5.74) is 3.93. The van der Waals surface area contributed by atoms with E-state index in [4.69, 9.17) is 17.0 Å². The van der Waals surface area contributed by atoms with E-state index in [2.05, 4.69) is 4.98 Å². The van der Waals surface area contributed by atoms with Gasteiger partial charge in [-0.3, -0.25) is 4.79 Å². The highest BCUT2D eigenvalue weighted by Crippen LogP contribution is 2.41. The van der Waals surface area contributed by atoms with Crippen LogP contribution in [0.3, 0.4) is 0 Å². The average molecular weight is 293 g/mol. The molecule has 1 aromatic heterocycles.